The molecule has 3 aromatic rings. The average Bonchev–Trinajstić information content (AvgIpc) is 3.08. The first kappa shape index (κ1) is 18.6. The molecular formula is C21H22N2O4. The van der Waals surface area contributed by atoms with Crippen molar-refractivity contribution in [3.8, 4) is 0 Å². The highest BCUT2D eigenvalue weighted by molar-refractivity contribution is 5.93. The minimum absolute atomic E-state index is 0.0999. The molecular weight excluding hydrogens is 344 g/mol. The van der Waals surface area contributed by atoms with Gasteiger partial charge in [0.2, 0.25) is 0 Å². The number of amides is 1. The van der Waals surface area contributed by atoms with Crippen LogP contribution in [0, 0.1) is 0 Å². The van der Waals surface area contributed by atoms with E-state index in [1.165, 1.54) is 0 Å². The van der Waals surface area contributed by atoms with E-state index in [0.717, 1.165) is 16.8 Å². The van der Waals surface area contributed by atoms with Gasteiger partial charge in [0, 0.05) is 12.1 Å². The first-order valence-electron chi connectivity index (χ1n) is 8.92. The first-order chi connectivity index (χ1) is 13.0. The molecule has 0 spiro atoms. The van der Waals surface area contributed by atoms with Gasteiger partial charge in [-0.3, -0.25) is 9.59 Å². The number of ether oxygens (including phenoxy) is 1. The zero-order valence-electron chi connectivity index (χ0n) is 15.4. The predicted molar refractivity (Wildman–Crippen MR) is 102 cm³/mol. The largest absolute Gasteiger partial charge is 0.456 e. The molecule has 0 radical (unpaired) electrons. The summed E-state index contributed by atoms with van der Waals surface area (Å²) >= 11 is 0. The molecule has 0 atom stereocenters. The molecule has 0 bridgehead atoms. The lowest BCUT2D eigenvalue weighted by Crippen LogP contribution is -2.21. The minimum Gasteiger partial charge on any atom is -0.456 e. The number of oxazole rings is 1. The highest BCUT2D eigenvalue weighted by Crippen LogP contribution is 2.23. The number of carbonyl (C=O) groups excluding carboxylic acids is 2. The van der Waals surface area contributed by atoms with Crippen molar-refractivity contribution in [1.82, 2.24) is 4.98 Å². The number of para-hydroxylation sites is 3. The van der Waals surface area contributed by atoms with Crippen molar-refractivity contribution < 1.29 is 18.7 Å². The van der Waals surface area contributed by atoms with Crippen LogP contribution in [0.4, 0.5) is 5.69 Å². The van der Waals surface area contributed by atoms with E-state index in [1.54, 1.807) is 0 Å². The van der Waals surface area contributed by atoms with Gasteiger partial charge in [-0.05, 0) is 29.7 Å². The third-order valence-electron chi connectivity index (χ3n) is 4.10. The summed E-state index contributed by atoms with van der Waals surface area (Å²) < 4.78 is 10.6. The number of nitrogens with one attached hydrogen (secondary N) is 1. The van der Waals surface area contributed by atoms with Crippen LogP contribution in [0.1, 0.15) is 37.6 Å². The van der Waals surface area contributed by atoms with Gasteiger partial charge in [0.15, 0.2) is 18.1 Å². The number of rotatable bonds is 7. The third kappa shape index (κ3) is 4.94. The van der Waals surface area contributed by atoms with Gasteiger partial charge in [-0.15, -0.1) is 0 Å². The summed E-state index contributed by atoms with van der Waals surface area (Å²) in [7, 11) is 0. The number of aryl methyl sites for hydroxylation is 1. The summed E-state index contributed by atoms with van der Waals surface area (Å²) in [6.07, 6.45) is 0.425. The lowest BCUT2D eigenvalue weighted by Gasteiger charge is -2.13. The number of anilines is 1. The van der Waals surface area contributed by atoms with Crippen molar-refractivity contribution in [2.75, 3.05) is 11.9 Å². The number of hydrogen-bond acceptors (Lipinski definition) is 5. The van der Waals surface area contributed by atoms with E-state index in [4.69, 9.17) is 9.15 Å². The topological polar surface area (TPSA) is 81.4 Å². The van der Waals surface area contributed by atoms with Gasteiger partial charge >= 0.3 is 5.97 Å². The van der Waals surface area contributed by atoms with Crippen molar-refractivity contribution in [2.45, 2.75) is 32.6 Å². The van der Waals surface area contributed by atoms with Crippen LogP contribution in [-0.2, 0) is 20.7 Å². The Morgan fingerprint density at radius 1 is 1.11 bits per heavy atom. The Kier molecular flexibility index (Phi) is 5.86. The number of benzene rings is 2. The lowest BCUT2D eigenvalue weighted by molar-refractivity contribution is -0.147. The fourth-order valence-electron chi connectivity index (χ4n) is 2.75. The zero-order valence-corrected chi connectivity index (χ0v) is 15.4. The summed E-state index contributed by atoms with van der Waals surface area (Å²) in [5, 5.41) is 2.79. The van der Waals surface area contributed by atoms with Gasteiger partial charge in [0.05, 0.1) is 6.42 Å². The van der Waals surface area contributed by atoms with E-state index < -0.39 is 5.97 Å². The van der Waals surface area contributed by atoms with Crippen LogP contribution in [0.5, 0.6) is 0 Å². The molecule has 6 heteroatoms. The van der Waals surface area contributed by atoms with Gasteiger partial charge in [-0.1, -0.05) is 44.2 Å². The van der Waals surface area contributed by atoms with Gasteiger partial charge in [-0.25, -0.2) is 4.98 Å². The molecule has 1 aromatic heterocycles. The van der Waals surface area contributed by atoms with E-state index in [-0.39, 0.29) is 24.9 Å². The van der Waals surface area contributed by atoms with Crippen LogP contribution in [0.3, 0.4) is 0 Å². The van der Waals surface area contributed by atoms with Gasteiger partial charge < -0.3 is 14.5 Å². The molecule has 0 aliphatic rings. The Bertz CT molecular complexity index is 913. The van der Waals surface area contributed by atoms with Gasteiger partial charge in [-0.2, -0.15) is 0 Å². The molecule has 0 saturated carbocycles. The number of carbonyl (C=O) groups is 2. The fraction of sp³-hybridized carbons (Fsp3) is 0.286. The Morgan fingerprint density at radius 3 is 2.63 bits per heavy atom. The molecule has 6 nitrogen and oxygen atoms in total. The smallest absolute Gasteiger partial charge is 0.306 e. The number of fused-ring (bicyclic) bond motifs is 1. The maximum absolute atomic E-state index is 12.1. The third-order valence-corrected chi connectivity index (χ3v) is 4.10. The summed E-state index contributed by atoms with van der Waals surface area (Å²) in [6.45, 7) is 3.78. The van der Waals surface area contributed by atoms with E-state index in [2.05, 4.69) is 24.1 Å². The highest BCUT2D eigenvalue weighted by atomic mass is 16.5. The molecule has 1 amide bonds. The molecule has 0 aliphatic heterocycles. The predicted octanol–water partition coefficient (Wildman–Crippen LogP) is 4.07. The van der Waals surface area contributed by atoms with Crippen LogP contribution >= 0.6 is 0 Å². The van der Waals surface area contributed by atoms with Gasteiger partial charge in [0.25, 0.3) is 5.91 Å². The second-order valence-corrected chi connectivity index (χ2v) is 6.53. The number of aromatic nitrogens is 1. The SMILES string of the molecule is CC(C)c1ccccc1NC(=O)COC(=O)CCc1nc2ccccc2o1. The van der Waals surface area contributed by atoms with E-state index in [9.17, 15) is 9.59 Å². The monoisotopic (exact) mass is 366 g/mol. The quantitative estimate of drug-likeness (QED) is 0.638. The Hall–Kier alpha value is -3.15. The Labute approximate surface area is 157 Å². The molecule has 140 valence electrons. The maximum Gasteiger partial charge on any atom is 0.306 e. The maximum atomic E-state index is 12.1. The van der Waals surface area contributed by atoms with E-state index in [1.807, 2.05) is 48.5 Å². The van der Waals surface area contributed by atoms with Crippen molar-refractivity contribution in [2.24, 2.45) is 0 Å². The number of nitrogens with zero attached hydrogens (tertiary/aromatic N) is 1. The van der Waals surface area contributed by atoms with Crippen molar-refractivity contribution >= 4 is 28.7 Å². The summed E-state index contributed by atoms with van der Waals surface area (Å²) in [6, 6.07) is 15.0. The number of hydrogen-bond donors (Lipinski definition) is 1. The van der Waals surface area contributed by atoms with Gasteiger partial charge in [0.1, 0.15) is 5.52 Å². The summed E-state index contributed by atoms with van der Waals surface area (Å²) in [4.78, 5) is 28.3. The molecule has 27 heavy (non-hydrogen) atoms. The van der Waals surface area contributed by atoms with Crippen LogP contribution in [0.15, 0.2) is 52.9 Å². The second-order valence-electron chi connectivity index (χ2n) is 6.53. The van der Waals surface area contributed by atoms with E-state index >= 15 is 0 Å². The summed E-state index contributed by atoms with van der Waals surface area (Å²) in [5.41, 5.74) is 3.21. The Balaban J connectivity index is 1.47. The van der Waals surface area contributed by atoms with Crippen LogP contribution in [0.25, 0.3) is 11.1 Å². The van der Waals surface area contributed by atoms with Crippen molar-refractivity contribution in [1.29, 1.82) is 0 Å². The van der Waals surface area contributed by atoms with Crippen LogP contribution in [0.2, 0.25) is 0 Å². The zero-order chi connectivity index (χ0) is 19.2. The summed E-state index contributed by atoms with van der Waals surface area (Å²) in [5.74, 6) is -0.0771. The molecule has 0 aliphatic carbocycles. The standard InChI is InChI=1S/C21H22N2O4/c1-14(2)15-7-3-4-8-16(15)22-19(24)13-26-21(25)12-11-20-23-17-9-5-6-10-18(17)27-20/h3-10,14H,11-13H2,1-2H3,(H,22,24). The molecule has 1 heterocycles. The first-order valence-corrected chi connectivity index (χ1v) is 8.92. The Morgan fingerprint density at radius 2 is 1.85 bits per heavy atom. The normalized spacial score (nSPS) is 10.9. The van der Waals surface area contributed by atoms with Crippen molar-refractivity contribution in [3.05, 3.63) is 60.0 Å². The van der Waals surface area contributed by atoms with Crippen LogP contribution in [-0.4, -0.2) is 23.5 Å². The fourth-order valence-corrected chi connectivity index (χ4v) is 2.75. The molecule has 0 fully saturated rings. The second kappa shape index (κ2) is 8.49. The van der Waals surface area contributed by atoms with Crippen LogP contribution < -0.4 is 5.32 Å². The lowest BCUT2D eigenvalue weighted by atomic mass is 10.0. The average molecular weight is 366 g/mol. The molecule has 1 N–H and O–H groups in total. The molecule has 0 unspecified atom stereocenters. The molecule has 0 saturated heterocycles. The molecule has 3 rings (SSSR count). The highest BCUT2D eigenvalue weighted by Gasteiger charge is 2.13. The minimum atomic E-state index is -0.468. The molecule has 2 aromatic carbocycles. The number of esters is 1. The van der Waals surface area contributed by atoms with E-state index in [0.29, 0.717) is 17.9 Å². The van der Waals surface area contributed by atoms with Crippen molar-refractivity contribution in [3.63, 3.8) is 0 Å².